The maximum atomic E-state index is 10.2. The predicted octanol–water partition coefficient (Wildman–Crippen LogP) is 3.07. The average Bonchev–Trinajstić information content (AvgIpc) is 2.16. The number of anilines is 1. The number of allylic oxidation sites excluding steroid dienone is 1. The monoisotopic (exact) mass is 215 g/mol. The molecule has 2 nitrogen and oxygen atoms in total. The van der Waals surface area contributed by atoms with Crippen LogP contribution < -0.4 is 4.90 Å². The topological polar surface area (TPSA) is 23.5 Å². The Labute approximate surface area is 96.5 Å². The van der Waals surface area contributed by atoms with Gasteiger partial charge in [-0.1, -0.05) is 24.3 Å². The summed E-state index contributed by atoms with van der Waals surface area (Å²) in [7, 11) is 0. The molecule has 0 atom stereocenters. The number of aryl methyl sites for hydroxylation is 1. The molecule has 84 valence electrons. The molecule has 0 radical (unpaired) electrons. The highest BCUT2D eigenvalue weighted by molar-refractivity contribution is 5.77. The van der Waals surface area contributed by atoms with E-state index in [1.165, 1.54) is 5.56 Å². The number of benzene rings is 1. The minimum absolute atomic E-state index is 0.809. The molecule has 16 heavy (non-hydrogen) atoms. The fourth-order valence-electron chi connectivity index (χ4n) is 2.07. The third-order valence-electron chi connectivity index (χ3n) is 2.71. The van der Waals surface area contributed by atoms with E-state index in [1.807, 2.05) is 29.2 Å². The van der Waals surface area contributed by atoms with E-state index < -0.39 is 5.72 Å². The zero-order valence-corrected chi connectivity index (χ0v) is 9.99. The van der Waals surface area contributed by atoms with Crippen molar-refractivity contribution in [2.24, 2.45) is 0 Å². The van der Waals surface area contributed by atoms with Crippen LogP contribution in [0.4, 0.5) is 5.69 Å². The molecule has 0 spiro atoms. The fraction of sp³-hybridized carbons (Fsp3) is 0.286. The van der Waals surface area contributed by atoms with Crippen molar-refractivity contribution in [3.8, 4) is 0 Å². The average molecular weight is 215 g/mol. The van der Waals surface area contributed by atoms with Gasteiger partial charge in [-0.3, -0.25) is 0 Å². The first kappa shape index (κ1) is 11.0. The number of hydrogen-bond donors (Lipinski definition) is 1. The summed E-state index contributed by atoms with van der Waals surface area (Å²) in [4.78, 5) is 1.85. The van der Waals surface area contributed by atoms with E-state index in [0.29, 0.717) is 0 Å². The molecule has 1 aromatic rings. The molecule has 0 fully saturated rings. The SMILES string of the molecule is C=C1C=Cc2cc(C)ccc2N1C(C)(C)O. The summed E-state index contributed by atoms with van der Waals surface area (Å²) in [5, 5.41) is 10.2. The second-order valence-electron chi connectivity index (χ2n) is 4.72. The Kier molecular flexibility index (Phi) is 2.39. The van der Waals surface area contributed by atoms with Gasteiger partial charge in [-0.15, -0.1) is 0 Å². The molecule has 0 saturated heterocycles. The van der Waals surface area contributed by atoms with Gasteiger partial charge in [0, 0.05) is 5.70 Å². The Bertz CT molecular complexity index is 466. The number of nitrogens with zero attached hydrogens (tertiary/aromatic N) is 1. The first-order valence-electron chi connectivity index (χ1n) is 5.40. The molecule has 0 aromatic heterocycles. The minimum Gasteiger partial charge on any atom is -0.371 e. The van der Waals surface area contributed by atoms with Crippen molar-refractivity contribution in [2.45, 2.75) is 26.5 Å². The van der Waals surface area contributed by atoms with E-state index in [4.69, 9.17) is 0 Å². The number of hydrogen-bond acceptors (Lipinski definition) is 2. The molecule has 1 N–H and O–H groups in total. The van der Waals surface area contributed by atoms with Gasteiger partial charge < -0.3 is 10.0 Å². The van der Waals surface area contributed by atoms with Crippen LogP contribution in [0.3, 0.4) is 0 Å². The maximum absolute atomic E-state index is 10.2. The van der Waals surface area contributed by atoms with Gasteiger partial charge in [0.15, 0.2) is 0 Å². The Morgan fingerprint density at radius 3 is 2.56 bits per heavy atom. The number of fused-ring (bicyclic) bond motifs is 1. The molecular formula is C14H17NO. The van der Waals surface area contributed by atoms with E-state index in [1.54, 1.807) is 13.8 Å². The molecule has 2 rings (SSSR count). The van der Waals surface area contributed by atoms with Crippen LogP contribution in [0.2, 0.25) is 0 Å². The lowest BCUT2D eigenvalue weighted by Gasteiger charge is -2.39. The highest BCUT2D eigenvalue weighted by Gasteiger charge is 2.28. The van der Waals surface area contributed by atoms with Crippen LogP contribution in [0.25, 0.3) is 6.08 Å². The maximum Gasteiger partial charge on any atom is 0.136 e. The molecule has 0 amide bonds. The van der Waals surface area contributed by atoms with Crippen molar-refractivity contribution in [1.82, 2.24) is 0 Å². The smallest absolute Gasteiger partial charge is 0.136 e. The van der Waals surface area contributed by atoms with Crippen LogP contribution in [0.5, 0.6) is 0 Å². The van der Waals surface area contributed by atoms with Gasteiger partial charge in [0.05, 0.1) is 5.69 Å². The standard InChI is InChI=1S/C14H17NO/c1-10-5-8-13-12(9-10)7-6-11(2)15(13)14(3,4)16/h5-9,16H,2H2,1,3-4H3. The van der Waals surface area contributed by atoms with Gasteiger partial charge in [0.2, 0.25) is 0 Å². The van der Waals surface area contributed by atoms with Gasteiger partial charge in [-0.25, -0.2) is 0 Å². The summed E-state index contributed by atoms with van der Waals surface area (Å²) in [6, 6.07) is 6.18. The lowest BCUT2D eigenvalue weighted by atomic mass is 10.0. The van der Waals surface area contributed by atoms with Crippen molar-refractivity contribution >= 4 is 11.8 Å². The Hall–Kier alpha value is -1.54. The highest BCUT2D eigenvalue weighted by atomic mass is 16.3. The van der Waals surface area contributed by atoms with E-state index in [9.17, 15) is 5.11 Å². The molecule has 2 heteroatoms. The largest absolute Gasteiger partial charge is 0.371 e. The third-order valence-corrected chi connectivity index (χ3v) is 2.71. The van der Waals surface area contributed by atoms with Crippen LogP contribution in [-0.2, 0) is 0 Å². The Morgan fingerprint density at radius 1 is 1.25 bits per heavy atom. The third kappa shape index (κ3) is 1.76. The molecule has 1 aliphatic heterocycles. The quantitative estimate of drug-likeness (QED) is 0.778. The second kappa shape index (κ2) is 3.49. The van der Waals surface area contributed by atoms with Crippen LogP contribution in [-0.4, -0.2) is 10.8 Å². The summed E-state index contributed by atoms with van der Waals surface area (Å²) >= 11 is 0. The number of rotatable bonds is 1. The van der Waals surface area contributed by atoms with Gasteiger partial charge in [0.1, 0.15) is 5.72 Å². The van der Waals surface area contributed by atoms with Crippen molar-refractivity contribution in [1.29, 1.82) is 0 Å². The van der Waals surface area contributed by atoms with Gasteiger partial charge in [-0.2, -0.15) is 0 Å². The van der Waals surface area contributed by atoms with Gasteiger partial charge in [-0.05, 0) is 44.5 Å². The van der Waals surface area contributed by atoms with E-state index in [-0.39, 0.29) is 0 Å². The summed E-state index contributed by atoms with van der Waals surface area (Å²) in [5.74, 6) is 0. The zero-order valence-electron chi connectivity index (χ0n) is 9.99. The molecule has 1 aromatic carbocycles. The van der Waals surface area contributed by atoms with Crippen LogP contribution in [0.1, 0.15) is 25.0 Å². The first-order valence-corrected chi connectivity index (χ1v) is 5.40. The second-order valence-corrected chi connectivity index (χ2v) is 4.72. The van der Waals surface area contributed by atoms with Gasteiger partial charge in [0.25, 0.3) is 0 Å². The number of aliphatic hydroxyl groups is 1. The van der Waals surface area contributed by atoms with E-state index >= 15 is 0 Å². The van der Waals surface area contributed by atoms with Gasteiger partial charge >= 0.3 is 0 Å². The fourth-order valence-corrected chi connectivity index (χ4v) is 2.07. The van der Waals surface area contributed by atoms with Crippen LogP contribution in [0, 0.1) is 6.92 Å². The summed E-state index contributed by atoms with van der Waals surface area (Å²) in [6.07, 6.45) is 3.96. The van der Waals surface area contributed by atoms with Crippen molar-refractivity contribution < 1.29 is 5.11 Å². The summed E-state index contributed by atoms with van der Waals surface area (Å²) < 4.78 is 0. The normalized spacial score (nSPS) is 15.2. The van der Waals surface area contributed by atoms with E-state index in [0.717, 1.165) is 16.9 Å². The molecule has 1 aliphatic rings. The molecule has 1 heterocycles. The lowest BCUT2D eigenvalue weighted by molar-refractivity contribution is 0.0840. The van der Waals surface area contributed by atoms with Crippen LogP contribution in [0.15, 0.2) is 36.6 Å². The van der Waals surface area contributed by atoms with Crippen LogP contribution >= 0.6 is 0 Å². The van der Waals surface area contributed by atoms with Crippen molar-refractivity contribution in [3.63, 3.8) is 0 Å². The first-order chi connectivity index (χ1) is 7.39. The molecule has 0 saturated carbocycles. The molecule has 0 bridgehead atoms. The van der Waals surface area contributed by atoms with Crippen molar-refractivity contribution in [3.05, 3.63) is 47.7 Å². The molecule has 0 aliphatic carbocycles. The zero-order chi connectivity index (χ0) is 11.9. The van der Waals surface area contributed by atoms with E-state index in [2.05, 4.69) is 19.6 Å². The Balaban J connectivity index is 2.58. The molecule has 0 unspecified atom stereocenters. The minimum atomic E-state index is -0.939. The summed E-state index contributed by atoms with van der Waals surface area (Å²) in [5.41, 5.74) is 3.21. The highest BCUT2D eigenvalue weighted by Crippen LogP contribution is 2.35. The Morgan fingerprint density at radius 2 is 1.94 bits per heavy atom. The molecular weight excluding hydrogens is 198 g/mol. The van der Waals surface area contributed by atoms with Crippen molar-refractivity contribution in [2.75, 3.05) is 4.90 Å². The lowest BCUT2D eigenvalue weighted by Crippen LogP contribution is -2.43. The predicted molar refractivity (Wildman–Crippen MR) is 68.1 cm³/mol. The summed E-state index contributed by atoms with van der Waals surface area (Å²) in [6.45, 7) is 9.55.